The van der Waals surface area contributed by atoms with Crippen LogP contribution in [0.1, 0.15) is 37.4 Å². The van der Waals surface area contributed by atoms with E-state index in [-0.39, 0.29) is 11.8 Å². The summed E-state index contributed by atoms with van der Waals surface area (Å²) in [6.07, 6.45) is 0. The molecule has 0 aliphatic heterocycles. The lowest BCUT2D eigenvalue weighted by Crippen LogP contribution is -2.15. The predicted octanol–water partition coefficient (Wildman–Crippen LogP) is 5.12. The lowest BCUT2D eigenvalue weighted by molar-refractivity contribution is 0.101. The van der Waals surface area contributed by atoms with Crippen LogP contribution in [-0.4, -0.2) is 11.8 Å². The van der Waals surface area contributed by atoms with Crippen LogP contribution < -0.4 is 10.6 Å². The number of carbonyl (C=O) groups is 2. The van der Waals surface area contributed by atoms with Gasteiger partial charge in [-0.1, -0.05) is 29.8 Å². The fraction of sp³-hybridized carbons (Fsp3) is 0.130. The number of anilines is 2. The van der Waals surface area contributed by atoms with E-state index in [4.69, 9.17) is 0 Å². The molecule has 0 saturated heterocycles. The topological polar surface area (TPSA) is 58.2 Å². The Hall–Kier alpha value is -3.40. The van der Waals surface area contributed by atoms with Gasteiger partial charge in [0.15, 0.2) is 0 Å². The summed E-state index contributed by atoms with van der Waals surface area (Å²) >= 11 is 0. The molecule has 3 rings (SSSR count). The summed E-state index contributed by atoms with van der Waals surface area (Å²) in [6.45, 7) is 5.94. The predicted molar refractivity (Wildman–Crippen MR) is 109 cm³/mol. The Bertz CT molecular complexity index is 992. The average Bonchev–Trinajstić information content (AvgIpc) is 2.64. The minimum Gasteiger partial charge on any atom is -0.322 e. The zero-order valence-corrected chi connectivity index (χ0v) is 15.7. The van der Waals surface area contributed by atoms with Crippen molar-refractivity contribution in [1.29, 1.82) is 0 Å². The van der Waals surface area contributed by atoms with Gasteiger partial charge in [0.25, 0.3) is 11.8 Å². The molecular weight excluding hydrogens is 336 g/mol. The molecule has 3 aromatic rings. The van der Waals surface area contributed by atoms with Crippen LogP contribution in [0.2, 0.25) is 0 Å². The number of hydrogen-bond acceptors (Lipinski definition) is 2. The summed E-state index contributed by atoms with van der Waals surface area (Å²) in [5, 5.41) is 5.77. The number of hydrogen-bond donors (Lipinski definition) is 2. The van der Waals surface area contributed by atoms with E-state index >= 15 is 0 Å². The fourth-order valence-electron chi connectivity index (χ4n) is 2.85. The molecule has 0 aliphatic carbocycles. The van der Waals surface area contributed by atoms with Gasteiger partial charge in [0.1, 0.15) is 0 Å². The molecule has 0 radical (unpaired) electrons. The van der Waals surface area contributed by atoms with Gasteiger partial charge in [-0.25, -0.2) is 0 Å². The Labute approximate surface area is 159 Å². The molecule has 0 aromatic heterocycles. The van der Waals surface area contributed by atoms with Crippen molar-refractivity contribution in [2.45, 2.75) is 20.8 Å². The first kappa shape index (κ1) is 18.4. The minimum absolute atomic E-state index is 0.201. The van der Waals surface area contributed by atoms with Crippen molar-refractivity contribution in [2.24, 2.45) is 0 Å². The Morgan fingerprint density at radius 3 is 1.85 bits per heavy atom. The zero-order chi connectivity index (χ0) is 19.4. The van der Waals surface area contributed by atoms with Crippen molar-refractivity contribution in [2.75, 3.05) is 10.6 Å². The van der Waals surface area contributed by atoms with Crippen molar-refractivity contribution in [3.05, 3.63) is 94.5 Å². The molecule has 0 unspecified atom stereocenters. The molecule has 2 N–H and O–H groups in total. The summed E-state index contributed by atoms with van der Waals surface area (Å²) in [5.41, 5.74) is 5.77. The second-order valence-corrected chi connectivity index (χ2v) is 6.67. The van der Waals surface area contributed by atoms with E-state index in [1.165, 1.54) is 0 Å². The van der Waals surface area contributed by atoms with E-state index in [9.17, 15) is 9.59 Å². The number of nitrogens with one attached hydrogen (secondary N) is 2. The molecule has 2 amide bonds. The number of benzene rings is 3. The van der Waals surface area contributed by atoms with Crippen LogP contribution in [0.3, 0.4) is 0 Å². The molecule has 3 aromatic carbocycles. The maximum atomic E-state index is 12.4. The van der Waals surface area contributed by atoms with Crippen LogP contribution in [0.15, 0.2) is 66.7 Å². The van der Waals surface area contributed by atoms with E-state index in [0.717, 1.165) is 28.1 Å². The molecule has 136 valence electrons. The van der Waals surface area contributed by atoms with Gasteiger partial charge in [-0.05, 0) is 74.4 Å². The molecule has 0 atom stereocenters. The lowest BCUT2D eigenvalue weighted by atomic mass is 10.1. The summed E-state index contributed by atoms with van der Waals surface area (Å²) in [5.74, 6) is -0.408. The largest absolute Gasteiger partial charge is 0.322 e. The molecule has 0 aliphatic rings. The highest BCUT2D eigenvalue weighted by Gasteiger charge is 2.10. The quantitative estimate of drug-likeness (QED) is 0.680. The number of amides is 2. The molecule has 0 fully saturated rings. The summed E-state index contributed by atoms with van der Waals surface area (Å²) < 4.78 is 0. The molecule has 0 bridgehead atoms. The highest BCUT2D eigenvalue weighted by atomic mass is 16.2. The molecule has 0 heterocycles. The van der Waals surface area contributed by atoms with Gasteiger partial charge in [0, 0.05) is 22.5 Å². The van der Waals surface area contributed by atoms with E-state index < -0.39 is 0 Å². The maximum absolute atomic E-state index is 12.4. The average molecular weight is 358 g/mol. The van der Waals surface area contributed by atoms with Gasteiger partial charge in [-0.3, -0.25) is 9.59 Å². The van der Waals surface area contributed by atoms with Crippen LogP contribution in [-0.2, 0) is 0 Å². The highest BCUT2D eigenvalue weighted by Crippen LogP contribution is 2.18. The number of carbonyl (C=O) groups excluding carboxylic acids is 2. The van der Waals surface area contributed by atoms with Gasteiger partial charge in [-0.2, -0.15) is 0 Å². The van der Waals surface area contributed by atoms with Gasteiger partial charge in [0.2, 0.25) is 0 Å². The van der Waals surface area contributed by atoms with Crippen molar-refractivity contribution in [3.8, 4) is 0 Å². The van der Waals surface area contributed by atoms with Gasteiger partial charge in [-0.15, -0.1) is 0 Å². The van der Waals surface area contributed by atoms with Crippen LogP contribution >= 0.6 is 0 Å². The minimum atomic E-state index is -0.207. The molecule has 0 saturated carbocycles. The highest BCUT2D eigenvalue weighted by molar-refractivity contribution is 6.07. The lowest BCUT2D eigenvalue weighted by Gasteiger charge is -2.10. The maximum Gasteiger partial charge on any atom is 0.255 e. The van der Waals surface area contributed by atoms with Crippen molar-refractivity contribution >= 4 is 23.2 Å². The van der Waals surface area contributed by atoms with Crippen LogP contribution in [0.5, 0.6) is 0 Å². The van der Waals surface area contributed by atoms with Crippen LogP contribution in [0.4, 0.5) is 11.4 Å². The Morgan fingerprint density at radius 1 is 0.667 bits per heavy atom. The summed E-state index contributed by atoms with van der Waals surface area (Å²) in [6, 6.07) is 20.1. The Balaban J connectivity index is 1.69. The van der Waals surface area contributed by atoms with E-state index in [1.54, 1.807) is 24.3 Å². The first-order valence-corrected chi connectivity index (χ1v) is 8.79. The summed E-state index contributed by atoms with van der Waals surface area (Å²) in [7, 11) is 0. The second-order valence-electron chi connectivity index (χ2n) is 6.67. The third-order valence-corrected chi connectivity index (χ3v) is 4.32. The van der Waals surface area contributed by atoms with Crippen molar-refractivity contribution < 1.29 is 9.59 Å². The first-order valence-electron chi connectivity index (χ1n) is 8.79. The normalized spacial score (nSPS) is 10.3. The summed E-state index contributed by atoms with van der Waals surface area (Å²) in [4.78, 5) is 24.8. The molecule has 27 heavy (non-hydrogen) atoms. The first-order chi connectivity index (χ1) is 12.9. The Kier molecular flexibility index (Phi) is 5.36. The molecular formula is C23H22N2O2. The van der Waals surface area contributed by atoms with Gasteiger partial charge >= 0.3 is 0 Å². The molecule has 0 spiro atoms. The van der Waals surface area contributed by atoms with Gasteiger partial charge in [0.05, 0.1) is 0 Å². The number of rotatable bonds is 4. The van der Waals surface area contributed by atoms with Crippen LogP contribution in [0.25, 0.3) is 0 Å². The van der Waals surface area contributed by atoms with Crippen molar-refractivity contribution in [3.63, 3.8) is 0 Å². The monoisotopic (exact) mass is 358 g/mol. The third kappa shape index (κ3) is 4.61. The zero-order valence-electron chi connectivity index (χ0n) is 15.7. The Morgan fingerprint density at radius 2 is 1.26 bits per heavy atom. The SMILES string of the molecule is Cc1cccc(NC(=O)c2ccc(C(=O)Nc3ccc(C)cc3C)cc2)c1. The van der Waals surface area contributed by atoms with Crippen LogP contribution in [0, 0.1) is 20.8 Å². The second kappa shape index (κ2) is 7.87. The third-order valence-electron chi connectivity index (χ3n) is 4.32. The van der Waals surface area contributed by atoms with E-state index in [0.29, 0.717) is 11.1 Å². The number of aryl methyl sites for hydroxylation is 3. The molecule has 4 heteroatoms. The van der Waals surface area contributed by atoms with E-state index in [2.05, 4.69) is 10.6 Å². The standard InChI is InChI=1S/C23H22N2O2/c1-15-5-4-6-20(14-15)24-22(26)18-8-10-19(11-9-18)23(27)25-21-12-7-16(2)13-17(21)3/h4-14H,1-3H3,(H,24,26)(H,25,27). The van der Waals surface area contributed by atoms with Gasteiger partial charge < -0.3 is 10.6 Å². The molecule has 4 nitrogen and oxygen atoms in total. The fourth-order valence-corrected chi connectivity index (χ4v) is 2.85. The van der Waals surface area contributed by atoms with E-state index in [1.807, 2.05) is 63.2 Å². The van der Waals surface area contributed by atoms with Crippen molar-refractivity contribution in [1.82, 2.24) is 0 Å². The smallest absolute Gasteiger partial charge is 0.255 e.